The number of hydrogen-bond acceptors (Lipinski definition) is 2. The minimum atomic E-state index is 1.17. The Morgan fingerprint density at radius 2 is 0.814 bits per heavy atom. The Kier molecular flexibility index (Phi) is 6.05. The molecule has 202 valence electrons. The molecule has 0 saturated carbocycles. The van der Waals surface area contributed by atoms with Gasteiger partial charge in [0.05, 0.1) is 0 Å². The number of benzene rings is 6. The van der Waals surface area contributed by atoms with E-state index in [2.05, 4.69) is 144 Å². The number of fused-ring (bicyclic) bond motifs is 3. The summed E-state index contributed by atoms with van der Waals surface area (Å²) in [6, 6.07) is 46.3. The summed E-state index contributed by atoms with van der Waals surface area (Å²) < 4.78 is 0. The van der Waals surface area contributed by atoms with Crippen LogP contribution in [-0.2, 0) is 0 Å². The van der Waals surface area contributed by atoms with Gasteiger partial charge in [-0.05, 0) is 108 Å². The van der Waals surface area contributed by atoms with Gasteiger partial charge < -0.3 is 0 Å². The van der Waals surface area contributed by atoms with Crippen molar-refractivity contribution in [1.82, 2.24) is 9.97 Å². The number of aromatic nitrogens is 2. The van der Waals surface area contributed by atoms with Crippen molar-refractivity contribution in [2.45, 2.75) is 6.92 Å². The number of nitrogens with zero attached hydrogens (tertiary/aromatic N) is 2. The van der Waals surface area contributed by atoms with Gasteiger partial charge >= 0.3 is 0 Å². The fourth-order valence-corrected chi connectivity index (χ4v) is 6.64. The van der Waals surface area contributed by atoms with Crippen LogP contribution in [0.3, 0.4) is 0 Å². The molecule has 0 unspecified atom stereocenters. The molecule has 0 aliphatic rings. The highest BCUT2D eigenvalue weighted by Gasteiger charge is 2.19. The van der Waals surface area contributed by atoms with E-state index in [9.17, 15) is 0 Å². The van der Waals surface area contributed by atoms with Crippen LogP contribution in [0.2, 0.25) is 0 Å². The lowest BCUT2D eigenvalue weighted by atomic mass is 9.83. The number of hydrogen-bond donors (Lipinski definition) is 0. The maximum atomic E-state index is 4.27. The Labute approximate surface area is 251 Å². The SMILES string of the molecule is Cc1cnccc1-c1ccc(-c2c3ccccc3c(-c3ccc(-c4ccncc4)c4ccccc34)c3ccccc23)cc1. The van der Waals surface area contributed by atoms with Gasteiger partial charge in [-0.15, -0.1) is 0 Å². The number of aryl methyl sites for hydroxylation is 1. The third-order valence-corrected chi connectivity index (χ3v) is 8.62. The van der Waals surface area contributed by atoms with Gasteiger partial charge in [0.25, 0.3) is 0 Å². The summed E-state index contributed by atoms with van der Waals surface area (Å²) >= 11 is 0. The van der Waals surface area contributed by atoms with Crippen molar-refractivity contribution < 1.29 is 0 Å². The summed E-state index contributed by atoms with van der Waals surface area (Å²) in [7, 11) is 0. The second-order valence-corrected chi connectivity index (χ2v) is 11.1. The Hall–Kier alpha value is -5.60. The molecule has 0 aliphatic heterocycles. The van der Waals surface area contributed by atoms with Gasteiger partial charge in [0.1, 0.15) is 0 Å². The van der Waals surface area contributed by atoms with Crippen LogP contribution in [0.15, 0.2) is 152 Å². The molecule has 2 heteroatoms. The van der Waals surface area contributed by atoms with Gasteiger partial charge in [-0.3, -0.25) is 9.97 Å². The van der Waals surface area contributed by atoms with E-state index in [-0.39, 0.29) is 0 Å². The van der Waals surface area contributed by atoms with Crippen LogP contribution in [0.4, 0.5) is 0 Å². The molecular formula is C41H28N2. The molecule has 2 nitrogen and oxygen atoms in total. The van der Waals surface area contributed by atoms with Crippen molar-refractivity contribution in [2.24, 2.45) is 0 Å². The van der Waals surface area contributed by atoms with Crippen LogP contribution in [0.5, 0.6) is 0 Å². The summed E-state index contributed by atoms with van der Waals surface area (Å²) in [5, 5.41) is 7.51. The first-order chi connectivity index (χ1) is 21.3. The molecule has 6 aromatic carbocycles. The van der Waals surface area contributed by atoms with Gasteiger partial charge in [-0.1, -0.05) is 109 Å². The summed E-state index contributed by atoms with van der Waals surface area (Å²) in [4.78, 5) is 8.51. The average molecular weight is 549 g/mol. The molecular weight excluding hydrogens is 520 g/mol. The third kappa shape index (κ3) is 4.19. The normalized spacial score (nSPS) is 11.4. The van der Waals surface area contributed by atoms with Crippen molar-refractivity contribution in [2.75, 3.05) is 0 Å². The molecule has 0 aliphatic carbocycles. The van der Waals surface area contributed by atoms with E-state index < -0.39 is 0 Å². The summed E-state index contributed by atoms with van der Waals surface area (Å²) in [6.45, 7) is 2.11. The zero-order valence-corrected chi connectivity index (χ0v) is 23.8. The molecule has 0 saturated heterocycles. The predicted octanol–water partition coefficient (Wildman–Crippen LogP) is 10.9. The molecule has 0 bridgehead atoms. The summed E-state index contributed by atoms with van der Waals surface area (Å²) in [5.74, 6) is 0. The van der Waals surface area contributed by atoms with Crippen molar-refractivity contribution in [3.05, 3.63) is 158 Å². The Bertz CT molecular complexity index is 2230. The maximum absolute atomic E-state index is 4.27. The van der Waals surface area contributed by atoms with E-state index in [0.717, 1.165) is 0 Å². The Balaban J connectivity index is 1.40. The smallest absolute Gasteiger partial charge is 0.0303 e. The molecule has 8 rings (SSSR count). The Morgan fingerprint density at radius 3 is 1.42 bits per heavy atom. The molecule has 0 N–H and O–H groups in total. The van der Waals surface area contributed by atoms with Crippen LogP contribution in [-0.4, -0.2) is 9.97 Å². The molecule has 2 aromatic heterocycles. The average Bonchev–Trinajstić information content (AvgIpc) is 3.08. The zero-order valence-electron chi connectivity index (χ0n) is 23.8. The van der Waals surface area contributed by atoms with E-state index in [0.29, 0.717) is 0 Å². The zero-order chi connectivity index (χ0) is 28.8. The molecule has 0 radical (unpaired) electrons. The lowest BCUT2D eigenvalue weighted by Gasteiger charge is -2.20. The lowest BCUT2D eigenvalue weighted by molar-refractivity contribution is 1.27. The second kappa shape index (κ2) is 10.3. The van der Waals surface area contributed by atoms with E-state index in [1.54, 1.807) is 0 Å². The van der Waals surface area contributed by atoms with E-state index in [4.69, 9.17) is 0 Å². The largest absolute Gasteiger partial charge is 0.265 e. The molecule has 8 aromatic rings. The monoisotopic (exact) mass is 548 g/mol. The molecule has 43 heavy (non-hydrogen) atoms. The topological polar surface area (TPSA) is 25.8 Å². The highest BCUT2D eigenvalue weighted by atomic mass is 14.6. The molecule has 0 amide bonds. The lowest BCUT2D eigenvalue weighted by Crippen LogP contribution is -1.92. The molecule has 0 fully saturated rings. The predicted molar refractivity (Wildman–Crippen MR) is 181 cm³/mol. The van der Waals surface area contributed by atoms with Crippen molar-refractivity contribution in [1.29, 1.82) is 0 Å². The van der Waals surface area contributed by atoms with Crippen LogP contribution >= 0.6 is 0 Å². The van der Waals surface area contributed by atoms with Crippen molar-refractivity contribution in [3.63, 3.8) is 0 Å². The van der Waals surface area contributed by atoms with Crippen molar-refractivity contribution in [3.8, 4) is 44.5 Å². The highest BCUT2D eigenvalue weighted by Crippen LogP contribution is 2.46. The van der Waals surface area contributed by atoms with Gasteiger partial charge in [-0.2, -0.15) is 0 Å². The van der Waals surface area contributed by atoms with Crippen LogP contribution in [0.1, 0.15) is 5.56 Å². The fraction of sp³-hybridized carbons (Fsp3) is 0.0244. The standard InChI is InChI=1S/C41H28N2/c1-27-26-43-25-22-31(27)28-14-16-30(17-15-28)40-35-10-4-6-12-37(35)41(38-13-7-5-11-36(38)40)39-19-18-32(29-20-23-42-24-21-29)33-8-2-3-9-34(33)39/h2-26H,1H3. The summed E-state index contributed by atoms with van der Waals surface area (Å²) in [5.41, 5.74) is 11.0. The maximum Gasteiger partial charge on any atom is 0.0303 e. The second-order valence-electron chi connectivity index (χ2n) is 11.1. The van der Waals surface area contributed by atoms with Gasteiger partial charge in [-0.25, -0.2) is 0 Å². The number of pyridine rings is 2. The van der Waals surface area contributed by atoms with Crippen LogP contribution in [0, 0.1) is 6.92 Å². The first-order valence-corrected chi connectivity index (χ1v) is 14.7. The van der Waals surface area contributed by atoms with Gasteiger partial charge in [0.2, 0.25) is 0 Å². The van der Waals surface area contributed by atoms with E-state index in [1.807, 2.05) is 24.8 Å². The first-order valence-electron chi connectivity index (χ1n) is 14.7. The molecule has 0 spiro atoms. The quantitative estimate of drug-likeness (QED) is 0.204. The van der Waals surface area contributed by atoms with Crippen molar-refractivity contribution >= 4 is 32.3 Å². The van der Waals surface area contributed by atoms with E-state index >= 15 is 0 Å². The van der Waals surface area contributed by atoms with Crippen LogP contribution in [0.25, 0.3) is 76.8 Å². The minimum Gasteiger partial charge on any atom is -0.265 e. The van der Waals surface area contributed by atoms with Crippen LogP contribution < -0.4 is 0 Å². The minimum absolute atomic E-state index is 1.17. The summed E-state index contributed by atoms with van der Waals surface area (Å²) in [6.07, 6.45) is 7.52. The molecule has 0 atom stereocenters. The Morgan fingerprint density at radius 1 is 0.349 bits per heavy atom. The van der Waals surface area contributed by atoms with Gasteiger partial charge in [0, 0.05) is 24.8 Å². The first kappa shape index (κ1) is 25.1. The fourth-order valence-electron chi connectivity index (χ4n) is 6.64. The van der Waals surface area contributed by atoms with E-state index in [1.165, 1.54) is 82.4 Å². The third-order valence-electron chi connectivity index (χ3n) is 8.62. The number of rotatable bonds is 4. The highest BCUT2D eigenvalue weighted by molar-refractivity contribution is 6.24. The molecule has 2 heterocycles. The van der Waals surface area contributed by atoms with Gasteiger partial charge in [0.15, 0.2) is 0 Å².